The first kappa shape index (κ1) is 7.25. The van der Waals surface area contributed by atoms with Crippen LogP contribution < -0.4 is 9.47 Å². The molecule has 0 amide bonds. The van der Waals surface area contributed by atoms with Gasteiger partial charge in [0, 0.05) is 5.41 Å². The lowest BCUT2D eigenvalue weighted by atomic mass is 10.1. The van der Waals surface area contributed by atoms with Gasteiger partial charge in [0.15, 0.2) is 11.5 Å². The molecule has 0 atom stereocenters. The van der Waals surface area contributed by atoms with Crippen LogP contribution in [0.2, 0.25) is 0 Å². The zero-order chi connectivity index (χ0) is 8.73. The van der Waals surface area contributed by atoms with Crippen LogP contribution in [0, 0.1) is 5.41 Å². The number of para-hydroxylation sites is 2. The molecule has 1 spiro atoms. The van der Waals surface area contributed by atoms with Gasteiger partial charge in [0.1, 0.15) is 0 Å². The Bertz CT molecular complexity index is 300. The van der Waals surface area contributed by atoms with Gasteiger partial charge in [0.25, 0.3) is 0 Å². The number of rotatable bonds is 0. The fraction of sp³-hybridized carbons (Fsp3) is 0.455. The summed E-state index contributed by atoms with van der Waals surface area (Å²) in [6.07, 6.45) is 2.50. The average Bonchev–Trinajstić information content (AvgIpc) is 2.96. The maximum absolute atomic E-state index is 5.70. The zero-order valence-electron chi connectivity index (χ0n) is 7.45. The van der Waals surface area contributed by atoms with E-state index in [9.17, 15) is 0 Å². The van der Waals surface area contributed by atoms with Crippen molar-refractivity contribution < 1.29 is 9.47 Å². The summed E-state index contributed by atoms with van der Waals surface area (Å²) in [5.74, 6) is 1.79. The standard InChI is InChI=1S/C11H12O2/c1-2-4-10-9(3-1)12-7-11(5-6-11)8-13-10/h1-4H,5-8H2. The van der Waals surface area contributed by atoms with Crippen molar-refractivity contribution in [3.8, 4) is 11.5 Å². The molecule has 1 aromatic carbocycles. The predicted octanol–water partition coefficient (Wildman–Crippen LogP) is 2.24. The van der Waals surface area contributed by atoms with Crippen molar-refractivity contribution >= 4 is 0 Å². The van der Waals surface area contributed by atoms with Gasteiger partial charge in [-0.2, -0.15) is 0 Å². The SMILES string of the molecule is c1ccc2c(c1)OCC1(CC1)CO2. The monoisotopic (exact) mass is 176 g/mol. The molecule has 1 aliphatic carbocycles. The second-order valence-electron chi connectivity index (χ2n) is 4.02. The van der Waals surface area contributed by atoms with E-state index in [4.69, 9.17) is 9.47 Å². The Hall–Kier alpha value is -1.18. The van der Waals surface area contributed by atoms with Gasteiger partial charge < -0.3 is 9.47 Å². The summed E-state index contributed by atoms with van der Waals surface area (Å²) in [7, 11) is 0. The summed E-state index contributed by atoms with van der Waals surface area (Å²) in [5, 5.41) is 0. The van der Waals surface area contributed by atoms with E-state index in [0.29, 0.717) is 5.41 Å². The fourth-order valence-corrected chi connectivity index (χ4v) is 1.66. The van der Waals surface area contributed by atoms with Gasteiger partial charge in [-0.1, -0.05) is 12.1 Å². The molecule has 0 bridgehead atoms. The van der Waals surface area contributed by atoms with E-state index >= 15 is 0 Å². The maximum Gasteiger partial charge on any atom is 0.161 e. The van der Waals surface area contributed by atoms with Crippen LogP contribution in [0.3, 0.4) is 0 Å². The highest BCUT2D eigenvalue weighted by Crippen LogP contribution is 2.48. The first-order valence-corrected chi connectivity index (χ1v) is 4.73. The van der Waals surface area contributed by atoms with Crippen LogP contribution in [0.1, 0.15) is 12.8 Å². The molecule has 1 saturated carbocycles. The quantitative estimate of drug-likeness (QED) is 0.603. The van der Waals surface area contributed by atoms with Gasteiger partial charge in [-0.05, 0) is 25.0 Å². The largest absolute Gasteiger partial charge is 0.489 e. The van der Waals surface area contributed by atoms with Gasteiger partial charge in [0.2, 0.25) is 0 Å². The van der Waals surface area contributed by atoms with E-state index in [1.165, 1.54) is 12.8 Å². The topological polar surface area (TPSA) is 18.5 Å². The minimum atomic E-state index is 0.346. The number of benzene rings is 1. The molecule has 0 unspecified atom stereocenters. The van der Waals surface area contributed by atoms with Gasteiger partial charge >= 0.3 is 0 Å². The first-order valence-electron chi connectivity index (χ1n) is 4.73. The molecule has 2 heteroatoms. The minimum Gasteiger partial charge on any atom is -0.489 e. The second-order valence-corrected chi connectivity index (χ2v) is 4.02. The van der Waals surface area contributed by atoms with Gasteiger partial charge in [-0.25, -0.2) is 0 Å². The van der Waals surface area contributed by atoms with Crippen molar-refractivity contribution in [2.45, 2.75) is 12.8 Å². The van der Waals surface area contributed by atoms with Crippen molar-refractivity contribution in [3.63, 3.8) is 0 Å². The Morgan fingerprint density at radius 2 is 1.46 bits per heavy atom. The van der Waals surface area contributed by atoms with Crippen molar-refractivity contribution in [3.05, 3.63) is 24.3 Å². The molecule has 0 aromatic heterocycles. The summed E-state index contributed by atoms with van der Waals surface area (Å²) in [6.45, 7) is 1.65. The second kappa shape index (κ2) is 2.41. The fourth-order valence-electron chi connectivity index (χ4n) is 1.66. The molecule has 1 aromatic rings. The lowest BCUT2D eigenvalue weighted by molar-refractivity contribution is 0.197. The lowest BCUT2D eigenvalue weighted by Gasteiger charge is -2.08. The van der Waals surface area contributed by atoms with Crippen LogP contribution in [0.25, 0.3) is 0 Å². The molecule has 1 fully saturated rings. The number of hydrogen-bond donors (Lipinski definition) is 0. The summed E-state index contributed by atoms with van der Waals surface area (Å²) in [4.78, 5) is 0. The van der Waals surface area contributed by atoms with Gasteiger partial charge in [0.05, 0.1) is 13.2 Å². The van der Waals surface area contributed by atoms with Crippen LogP contribution in [0.5, 0.6) is 11.5 Å². The molecule has 0 saturated heterocycles. The molecule has 1 aliphatic heterocycles. The van der Waals surface area contributed by atoms with Crippen LogP contribution in [0.4, 0.5) is 0 Å². The van der Waals surface area contributed by atoms with E-state index in [2.05, 4.69) is 0 Å². The summed E-state index contributed by atoms with van der Waals surface area (Å²) < 4.78 is 11.4. The van der Waals surface area contributed by atoms with Crippen LogP contribution in [-0.4, -0.2) is 13.2 Å². The third-order valence-corrected chi connectivity index (χ3v) is 2.87. The Balaban J connectivity index is 1.92. The normalized spacial score (nSPS) is 22.5. The molecule has 3 rings (SSSR count). The van der Waals surface area contributed by atoms with Crippen molar-refractivity contribution in [2.24, 2.45) is 5.41 Å². The number of fused-ring (bicyclic) bond motifs is 1. The molecule has 68 valence electrons. The predicted molar refractivity (Wildman–Crippen MR) is 49.1 cm³/mol. The van der Waals surface area contributed by atoms with Gasteiger partial charge in [-0.3, -0.25) is 0 Å². The molecule has 13 heavy (non-hydrogen) atoms. The maximum atomic E-state index is 5.70. The summed E-state index contributed by atoms with van der Waals surface area (Å²) in [5.41, 5.74) is 0.346. The average molecular weight is 176 g/mol. The Kier molecular flexibility index (Phi) is 1.34. The smallest absolute Gasteiger partial charge is 0.161 e. The zero-order valence-corrected chi connectivity index (χ0v) is 7.45. The van der Waals surface area contributed by atoms with E-state index in [-0.39, 0.29) is 0 Å². The Labute approximate surface area is 77.5 Å². The molecule has 2 aliphatic rings. The van der Waals surface area contributed by atoms with E-state index < -0.39 is 0 Å². The molecule has 0 N–H and O–H groups in total. The van der Waals surface area contributed by atoms with Crippen LogP contribution >= 0.6 is 0 Å². The minimum absolute atomic E-state index is 0.346. The molecular weight excluding hydrogens is 164 g/mol. The van der Waals surface area contributed by atoms with Crippen LogP contribution in [0.15, 0.2) is 24.3 Å². The van der Waals surface area contributed by atoms with Crippen molar-refractivity contribution in [1.82, 2.24) is 0 Å². The van der Waals surface area contributed by atoms with Crippen molar-refractivity contribution in [1.29, 1.82) is 0 Å². The highest BCUT2D eigenvalue weighted by molar-refractivity contribution is 5.40. The Morgan fingerprint density at radius 3 is 1.92 bits per heavy atom. The lowest BCUT2D eigenvalue weighted by Crippen LogP contribution is -2.17. The van der Waals surface area contributed by atoms with E-state index in [1.807, 2.05) is 24.3 Å². The van der Waals surface area contributed by atoms with Crippen LogP contribution in [-0.2, 0) is 0 Å². The molecule has 1 heterocycles. The summed E-state index contributed by atoms with van der Waals surface area (Å²) in [6, 6.07) is 7.90. The third kappa shape index (κ3) is 1.17. The molecule has 2 nitrogen and oxygen atoms in total. The van der Waals surface area contributed by atoms with E-state index in [1.54, 1.807) is 0 Å². The van der Waals surface area contributed by atoms with Crippen molar-refractivity contribution in [2.75, 3.05) is 13.2 Å². The third-order valence-electron chi connectivity index (χ3n) is 2.87. The molecular formula is C11H12O2. The highest BCUT2D eigenvalue weighted by Gasteiger charge is 2.45. The first-order chi connectivity index (χ1) is 6.38. The highest BCUT2D eigenvalue weighted by atomic mass is 16.5. The molecule has 0 radical (unpaired) electrons. The Morgan fingerprint density at radius 1 is 0.923 bits per heavy atom. The number of hydrogen-bond acceptors (Lipinski definition) is 2. The van der Waals surface area contributed by atoms with Gasteiger partial charge in [-0.15, -0.1) is 0 Å². The van der Waals surface area contributed by atoms with E-state index in [0.717, 1.165) is 24.7 Å². The number of ether oxygens (including phenoxy) is 2. The summed E-state index contributed by atoms with van der Waals surface area (Å²) >= 11 is 0.